The van der Waals surface area contributed by atoms with Crippen molar-refractivity contribution >= 4 is 6.47 Å². The molecule has 0 aliphatic carbocycles. The first-order valence-electron chi connectivity index (χ1n) is 10.1. The van der Waals surface area contributed by atoms with E-state index in [1.807, 2.05) is 20.8 Å². The Balaban J connectivity index is 0.000000321. The number of carbonyl (C=O) groups is 1. The molecule has 2 aliphatic heterocycles. The maximum absolute atomic E-state index is 9.60. The molecule has 1 fully saturated rings. The van der Waals surface area contributed by atoms with Gasteiger partial charge in [0.05, 0.1) is 0 Å². The molecule has 1 saturated heterocycles. The maximum Gasteiger partial charge on any atom is 0.293 e. The van der Waals surface area contributed by atoms with E-state index in [0.29, 0.717) is 6.47 Å². The summed E-state index contributed by atoms with van der Waals surface area (Å²) in [6.45, 7) is 12.5. The third kappa shape index (κ3) is 8.31. The van der Waals surface area contributed by atoms with Crippen LogP contribution in [0.25, 0.3) is 0 Å². The Morgan fingerprint density at radius 3 is 2.44 bits per heavy atom. The monoisotopic (exact) mass is 376 g/mol. The van der Waals surface area contributed by atoms with Gasteiger partial charge in [-0.05, 0) is 83.4 Å². The second kappa shape index (κ2) is 10.7. The molecule has 0 radical (unpaired) electrons. The predicted molar refractivity (Wildman–Crippen MR) is 109 cm³/mol. The van der Waals surface area contributed by atoms with Crippen LogP contribution in [0.4, 0.5) is 0 Å². The SMILES string of the molecule is CC(C)(C)OC=O.CN1CCc2cc(OCCN3CCCCC3)ccc2C1. The lowest BCUT2D eigenvalue weighted by molar-refractivity contribution is -0.138. The van der Waals surface area contributed by atoms with Crippen LogP contribution in [0.15, 0.2) is 18.2 Å². The van der Waals surface area contributed by atoms with Crippen molar-refractivity contribution < 1.29 is 14.3 Å². The zero-order valence-corrected chi connectivity index (χ0v) is 17.5. The number of carbonyl (C=O) groups excluding carboxylic acids is 1. The Morgan fingerprint density at radius 1 is 1.07 bits per heavy atom. The molecule has 0 spiro atoms. The van der Waals surface area contributed by atoms with Crippen molar-refractivity contribution in [1.82, 2.24) is 9.80 Å². The summed E-state index contributed by atoms with van der Waals surface area (Å²) in [5.41, 5.74) is 2.61. The molecule has 3 rings (SSSR count). The molecule has 0 atom stereocenters. The number of hydrogen-bond donors (Lipinski definition) is 0. The predicted octanol–water partition coefficient (Wildman–Crippen LogP) is 3.50. The van der Waals surface area contributed by atoms with E-state index in [1.165, 1.54) is 43.5 Å². The Kier molecular flexibility index (Phi) is 8.58. The Morgan fingerprint density at radius 2 is 1.81 bits per heavy atom. The second-order valence-corrected chi connectivity index (χ2v) is 8.50. The maximum atomic E-state index is 9.60. The van der Waals surface area contributed by atoms with Crippen LogP contribution in [0.3, 0.4) is 0 Å². The van der Waals surface area contributed by atoms with Crippen LogP contribution >= 0.6 is 0 Å². The molecule has 2 aliphatic rings. The first kappa shape index (κ1) is 21.7. The van der Waals surface area contributed by atoms with Gasteiger partial charge in [0.2, 0.25) is 0 Å². The van der Waals surface area contributed by atoms with Gasteiger partial charge in [-0.15, -0.1) is 0 Å². The number of piperidine rings is 1. The molecule has 0 N–H and O–H groups in total. The fourth-order valence-corrected chi connectivity index (χ4v) is 3.38. The van der Waals surface area contributed by atoms with Gasteiger partial charge in [-0.25, -0.2) is 0 Å². The van der Waals surface area contributed by atoms with E-state index in [1.54, 1.807) is 0 Å². The average molecular weight is 377 g/mol. The van der Waals surface area contributed by atoms with E-state index >= 15 is 0 Å². The zero-order chi connectivity index (χ0) is 19.7. The van der Waals surface area contributed by atoms with Crippen LogP contribution in [0, 0.1) is 0 Å². The van der Waals surface area contributed by atoms with Crippen LogP contribution in [0.1, 0.15) is 51.2 Å². The van der Waals surface area contributed by atoms with E-state index in [2.05, 4.69) is 39.8 Å². The third-order valence-electron chi connectivity index (χ3n) is 4.91. The molecule has 5 heteroatoms. The standard InChI is InChI=1S/C17H26N2O.C5H10O2/c1-18-10-7-15-13-17(6-5-16(15)14-18)20-12-11-19-8-3-2-4-9-19;1-5(2,3)7-4-6/h5-6,13H,2-4,7-12,14H2,1H3;4H,1-3H3. The number of fused-ring (bicyclic) bond motifs is 1. The molecule has 152 valence electrons. The van der Waals surface area contributed by atoms with Crippen LogP contribution in [0.5, 0.6) is 5.75 Å². The fourth-order valence-electron chi connectivity index (χ4n) is 3.38. The first-order valence-corrected chi connectivity index (χ1v) is 10.1. The first-order chi connectivity index (χ1) is 12.9. The van der Waals surface area contributed by atoms with Gasteiger partial charge in [0.15, 0.2) is 0 Å². The highest BCUT2D eigenvalue weighted by Gasteiger charge is 2.14. The van der Waals surface area contributed by atoms with E-state index in [-0.39, 0.29) is 5.60 Å². The number of likely N-dealkylation sites (tertiary alicyclic amines) is 1. The number of nitrogens with zero attached hydrogens (tertiary/aromatic N) is 2. The summed E-state index contributed by atoms with van der Waals surface area (Å²) >= 11 is 0. The van der Waals surface area contributed by atoms with Gasteiger partial charge in [-0.1, -0.05) is 12.5 Å². The van der Waals surface area contributed by atoms with Crippen LogP contribution in [0.2, 0.25) is 0 Å². The quantitative estimate of drug-likeness (QED) is 0.736. The second-order valence-electron chi connectivity index (χ2n) is 8.50. The summed E-state index contributed by atoms with van der Waals surface area (Å²) in [5.74, 6) is 1.05. The number of hydrogen-bond acceptors (Lipinski definition) is 5. The topological polar surface area (TPSA) is 42.0 Å². The minimum absolute atomic E-state index is 0.318. The minimum atomic E-state index is -0.318. The molecule has 27 heavy (non-hydrogen) atoms. The molecule has 0 unspecified atom stereocenters. The number of benzene rings is 1. The van der Waals surface area contributed by atoms with Gasteiger partial charge in [0.1, 0.15) is 18.0 Å². The Hall–Kier alpha value is -1.59. The average Bonchev–Trinajstić information content (AvgIpc) is 2.62. The summed E-state index contributed by atoms with van der Waals surface area (Å²) in [4.78, 5) is 14.5. The summed E-state index contributed by atoms with van der Waals surface area (Å²) in [7, 11) is 2.19. The van der Waals surface area contributed by atoms with Gasteiger partial charge in [-0.2, -0.15) is 0 Å². The summed E-state index contributed by atoms with van der Waals surface area (Å²) in [5, 5.41) is 0. The highest BCUT2D eigenvalue weighted by atomic mass is 16.5. The number of likely N-dealkylation sites (N-methyl/N-ethyl adjacent to an activating group) is 1. The molecule has 0 aromatic heterocycles. The Labute approximate surface area is 164 Å². The molecular weight excluding hydrogens is 340 g/mol. The van der Waals surface area contributed by atoms with Crippen molar-refractivity contribution in [3.8, 4) is 5.75 Å². The highest BCUT2D eigenvalue weighted by Crippen LogP contribution is 2.23. The lowest BCUT2D eigenvalue weighted by atomic mass is 10.00. The van der Waals surface area contributed by atoms with Crippen molar-refractivity contribution in [2.75, 3.05) is 39.8 Å². The summed E-state index contributed by atoms with van der Waals surface area (Å²) < 4.78 is 10.5. The van der Waals surface area contributed by atoms with Crippen LogP contribution in [-0.2, 0) is 22.5 Å². The Bertz CT molecular complexity index is 577. The molecule has 0 bridgehead atoms. The van der Waals surface area contributed by atoms with Crippen molar-refractivity contribution in [2.45, 2.75) is 58.6 Å². The largest absolute Gasteiger partial charge is 0.492 e. The number of rotatable bonds is 5. The molecule has 0 saturated carbocycles. The molecule has 1 aromatic carbocycles. The fraction of sp³-hybridized carbons (Fsp3) is 0.682. The van der Waals surface area contributed by atoms with E-state index in [0.717, 1.165) is 38.4 Å². The number of ether oxygens (including phenoxy) is 2. The lowest BCUT2D eigenvalue weighted by Crippen LogP contribution is -2.33. The summed E-state index contributed by atoms with van der Waals surface area (Å²) in [6, 6.07) is 6.62. The van der Waals surface area contributed by atoms with Crippen LogP contribution < -0.4 is 4.74 Å². The lowest BCUT2D eigenvalue weighted by Gasteiger charge is -2.27. The molecule has 0 amide bonds. The van der Waals surface area contributed by atoms with Crippen LogP contribution in [-0.4, -0.2) is 61.7 Å². The molecule has 5 nitrogen and oxygen atoms in total. The van der Waals surface area contributed by atoms with Gasteiger partial charge in [0.25, 0.3) is 6.47 Å². The zero-order valence-electron chi connectivity index (χ0n) is 17.5. The molecular formula is C22H36N2O3. The summed E-state index contributed by atoms with van der Waals surface area (Å²) in [6.07, 6.45) is 5.25. The van der Waals surface area contributed by atoms with Gasteiger partial charge in [-0.3, -0.25) is 9.69 Å². The van der Waals surface area contributed by atoms with Crippen molar-refractivity contribution in [3.63, 3.8) is 0 Å². The molecule has 2 heterocycles. The van der Waals surface area contributed by atoms with Crippen molar-refractivity contribution in [3.05, 3.63) is 29.3 Å². The van der Waals surface area contributed by atoms with Crippen molar-refractivity contribution in [2.24, 2.45) is 0 Å². The van der Waals surface area contributed by atoms with E-state index in [4.69, 9.17) is 4.74 Å². The molecule has 1 aromatic rings. The highest BCUT2D eigenvalue weighted by molar-refractivity contribution is 5.38. The van der Waals surface area contributed by atoms with E-state index < -0.39 is 0 Å². The van der Waals surface area contributed by atoms with E-state index in [9.17, 15) is 4.79 Å². The van der Waals surface area contributed by atoms with Crippen molar-refractivity contribution in [1.29, 1.82) is 0 Å². The van der Waals surface area contributed by atoms with Gasteiger partial charge >= 0.3 is 0 Å². The third-order valence-corrected chi connectivity index (χ3v) is 4.91. The smallest absolute Gasteiger partial charge is 0.293 e. The normalized spacial score (nSPS) is 18.1. The minimum Gasteiger partial charge on any atom is -0.492 e. The van der Waals surface area contributed by atoms with Gasteiger partial charge in [0, 0.05) is 19.6 Å². The van der Waals surface area contributed by atoms with Gasteiger partial charge < -0.3 is 14.4 Å².